The van der Waals surface area contributed by atoms with E-state index in [4.69, 9.17) is 0 Å². The molecule has 2 rings (SSSR count). The second kappa shape index (κ2) is 7.53. The average molecular weight is 353 g/mol. The Balaban J connectivity index is 2.22. The molecular weight excluding hydrogens is 320 g/mol. The fraction of sp³-hybridized carbons (Fsp3) is 0.435. The molecule has 0 unspecified atom stereocenters. The third kappa shape index (κ3) is 5.35. The number of phenols is 1. The monoisotopic (exact) mass is 352 g/mol. The van der Waals surface area contributed by atoms with Crippen LogP contribution >= 0.6 is 0 Å². The summed E-state index contributed by atoms with van der Waals surface area (Å²) in [5, 5.41) is 16.8. The van der Waals surface area contributed by atoms with Crippen molar-refractivity contribution >= 4 is 5.71 Å². The Morgan fingerprint density at radius 1 is 1.08 bits per heavy atom. The van der Waals surface area contributed by atoms with Gasteiger partial charge in [-0.15, -0.1) is 0 Å². The number of hydrogen-bond donors (Lipinski definition) is 1. The molecule has 0 fully saturated rings. The Morgan fingerprint density at radius 3 is 2.35 bits per heavy atom. The number of phenolic OH excluding ortho intramolecular Hbond substituents is 1. The molecule has 1 aromatic carbocycles. The Labute approximate surface area is 158 Å². The molecule has 1 N–H and O–H groups in total. The molecule has 0 heterocycles. The van der Waals surface area contributed by atoms with Crippen LogP contribution in [-0.4, -0.2) is 22.9 Å². The molecule has 1 aromatic rings. The summed E-state index contributed by atoms with van der Waals surface area (Å²) in [6.45, 7) is 15.9. The number of hydrogen-bond acceptors (Lipinski definition) is 3. The average Bonchev–Trinajstić information content (AvgIpc) is 2.49. The van der Waals surface area contributed by atoms with Crippen molar-refractivity contribution in [3.63, 3.8) is 0 Å². The number of nitrogens with zero attached hydrogens (tertiary/aromatic N) is 2. The number of benzene rings is 1. The van der Waals surface area contributed by atoms with E-state index in [1.807, 2.05) is 42.4 Å². The third-order valence-corrected chi connectivity index (χ3v) is 4.50. The maximum Gasteiger partial charge on any atom is 0.120 e. The van der Waals surface area contributed by atoms with Crippen molar-refractivity contribution in [3.05, 3.63) is 65.8 Å². The van der Waals surface area contributed by atoms with E-state index in [1.165, 1.54) is 5.56 Å². The molecule has 0 radical (unpaired) electrons. The van der Waals surface area contributed by atoms with Crippen LogP contribution in [0.25, 0.3) is 0 Å². The summed E-state index contributed by atoms with van der Waals surface area (Å²) in [4.78, 5) is 0. The van der Waals surface area contributed by atoms with Gasteiger partial charge in [0.15, 0.2) is 0 Å². The number of rotatable bonds is 5. The van der Waals surface area contributed by atoms with Crippen LogP contribution in [0.5, 0.6) is 5.75 Å². The van der Waals surface area contributed by atoms with Crippen molar-refractivity contribution in [2.24, 2.45) is 10.5 Å². The molecule has 0 bridgehead atoms. The minimum absolute atomic E-state index is 0.0380. The van der Waals surface area contributed by atoms with Gasteiger partial charge in [0.2, 0.25) is 0 Å². The van der Waals surface area contributed by atoms with E-state index >= 15 is 0 Å². The van der Waals surface area contributed by atoms with Gasteiger partial charge < -0.3 is 5.11 Å². The summed E-state index contributed by atoms with van der Waals surface area (Å²) in [6, 6.07) is 5.95. The lowest BCUT2D eigenvalue weighted by molar-refractivity contribution is 0.283. The van der Waals surface area contributed by atoms with Crippen LogP contribution in [0.1, 0.15) is 52.2 Å². The molecule has 3 heteroatoms. The molecular formula is C23H32N2O. The minimum Gasteiger partial charge on any atom is -0.508 e. The first-order valence-electron chi connectivity index (χ1n) is 9.14. The van der Waals surface area contributed by atoms with E-state index in [-0.39, 0.29) is 10.8 Å². The quantitative estimate of drug-likeness (QED) is 0.703. The summed E-state index contributed by atoms with van der Waals surface area (Å²) in [5.41, 5.74) is 4.15. The van der Waals surface area contributed by atoms with Crippen LogP contribution in [0.3, 0.4) is 0 Å². The highest BCUT2D eigenvalue weighted by molar-refractivity contribution is 6.10. The number of allylic oxidation sites excluding steroid dienone is 5. The molecule has 140 valence electrons. The SMILES string of the molecule is C=C1C=CC=C/C1=N/N(C)Cc1cc(C(C)(C)CC(C)(C)C)ccc1O. The predicted octanol–water partition coefficient (Wildman–Crippen LogP) is 5.58. The summed E-state index contributed by atoms with van der Waals surface area (Å²) in [7, 11) is 1.92. The second-order valence-corrected chi connectivity index (χ2v) is 9.01. The molecule has 0 spiro atoms. The van der Waals surface area contributed by atoms with Gasteiger partial charge in [0.1, 0.15) is 5.75 Å². The van der Waals surface area contributed by atoms with Gasteiger partial charge in [0, 0.05) is 12.6 Å². The normalized spacial score (nSPS) is 16.4. The summed E-state index contributed by atoms with van der Waals surface area (Å²) < 4.78 is 0. The predicted molar refractivity (Wildman–Crippen MR) is 112 cm³/mol. The number of aromatic hydroxyl groups is 1. The van der Waals surface area contributed by atoms with E-state index in [1.54, 1.807) is 6.07 Å². The fourth-order valence-electron chi connectivity index (χ4n) is 3.64. The lowest BCUT2D eigenvalue weighted by Crippen LogP contribution is -2.25. The zero-order valence-electron chi connectivity index (χ0n) is 17.0. The first kappa shape index (κ1) is 20.0. The van der Waals surface area contributed by atoms with Crippen molar-refractivity contribution in [1.29, 1.82) is 0 Å². The largest absolute Gasteiger partial charge is 0.508 e. The van der Waals surface area contributed by atoms with Crippen molar-refractivity contribution in [1.82, 2.24) is 5.01 Å². The molecule has 1 aliphatic rings. The first-order valence-corrected chi connectivity index (χ1v) is 9.14. The molecule has 0 aromatic heterocycles. The van der Waals surface area contributed by atoms with E-state index in [9.17, 15) is 5.11 Å². The van der Waals surface area contributed by atoms with E-state index in [2.05, 4.69) is 52.4 Å². The lowest BCUT2D eigenvalue weighted by Gasteiger charge is -2.33. The highest BCUT2D eigenvalue weighted by Gasteiger charge is 2.27. The van der Waals surface area contributed by atoms with Crippen LogP contribution in [0.15, 0.2) is 59.8 Å². The maximum atomic E-state index is 10.3. The zero-order valence-corrected chi connectivity index (χ0v) is 17.0. The maximum absolute atomic E-state index is 10.3. The Bertz CT molecular complexity index is 761. The van der Waals surface area contributed by atoms with Crippen LogP contribution in [0, 0.1) is 5.41 Å². The topological polar surface area (TPSA) is 35.8 Å². The minimum atomic E-state index is 0.0380. The molecule has 1 aliphatic carbocycles. The molecule has 0 atom stereocenters. The standard InChI is InChI=1S/C23H32N2O/c1-17-10-8-9-11-20(17)24-25(7)15-18-14-19(12-13-21(18)26)23(5,6)16-22(2,3)4/h8-14,26H,1,15-16H2,2-7H3/b24-20-. The van der Waals surface area contributed by atoms with Crippen molar-refractivity contribution in [3.8, 4) is 5.75 Å². The van der Waals surface area contributed by atoms with Gasteiger partial charge >= 0.3 is 0 Å². The van der Waals surface area contributed by atoms with Gasteiger partial charge in [-0.25, -0.2) is 0 Å². The molecule has 0 saturated carbocycles. The van der Waals surface area contributed by atoms with Crippen LogP contribution in [-0.2, 0) is 12.0 Å². The number of hydrazone groups is 1. The van der Waals surface area contributed by atoms with E-state index < -0.39 is 0 Å². The van der Waals surface area contributed by atoms with E-state index in [0.29, 0.717) is 12.3 Å². The lowest BCUT2D eigenvalue weighted by atomic mass is 9.72. The zero-order chi connectivity index (χ0) is 19.5. The Kier molecular flexibility index (Phi) is 5.80. The fourth-order valence-corrected chi connectivity index (χ4v) is 3.64. The van der Waals surface area contributed by atoms with E-state index in [0.717, 1.165) is 23.3 Å². The third-order valence-electron chi connectivity index (χ3n) is 4.50. The summed E-state index contributed by atoms with van der Waals surface area (Å²) >= 11 is 0. The highest BCUT2D eigenvalue weighted by Crippen LogP contribution is 2.37. The molecule has 0 aliphatic heterocycles. The highest BCUT2D eigenvalue weighted by atomic mass is 16.3. The molecule has 0 amide bonds. The second-order valence-electron chi connectivity index (χ2n) is 9.01. The van der Waals surface area contributed by atoms with Gasteiger partial charge in [0.05, 0.1) is 12.3 Å². The summed E-state index contributed by atoms with van der Waals surface area (Å²) in [6.07, 6.45) is 8.86. The van der Waals surface area contributed by atoms with Gasteiger partial charge in [0.25, 0.3) is 0 Å². The van der Waals surface area contributed by atoms with Crippen molar-refractivity contribution < 1.29 is 5.11 Å². The smallest absolute Gasteiger partial charge is 0.120 e. The van der Waals surface area contributed by atoms with Crippen LogP contribution in [0.4, 0.5) is 0 Å². The van der Waals surface area contributed by atoms with Crippen molar-refractivity contribution in [2.75, 3.05) is 7.05 Å². The van der Waals surface area contributed by atoms with Gasteiger partial charge in [-0.1, -0.05) is 65.5 Å². The molecule has 3 nitrogen and oxygen atoms in total. The summed E-state index contributed by atoms with van der Waals surface area (Å²) in [5.74, 6) is 0.310. The Morgan fingerprint density at radius 2 is 1.73 bits per heavy atom. The Hall–Kier alpha value is -2.29. The van der Waals surface area contributed by atoms with Crippen LogP contribution < -0.4 is 0 Å². The van der Waals surface area contributed by atoms with Crippen LogP contribution in [0.2, 0.25) is 0 Å². The molecule has 26 heavy (non-hydrogen) atoms. The van der Waals surface area contributed by atoms with Gasteiger partial charge in [-0.05, 0) is 46.6 Å². The van der Waals surface area contributed by atoms with Crippen molar-refractivity contribution in [2.45, 2.75) is 53.0 Å². The first-order chi connectivity index (χ1) is 12.0. The van der Waals surface area contributed by atoms with Gasteiger partial charge in [-0.3, -0.25) is 5.01 Å². The molecule has 0 saturated heterocycles. The van der Waals surface area contributed by atoms with Gasteiger partial charge in [-0.2, -0.15) is 5.10 Å².